The highest BCUT2D eigenvalue weighted by Crippen LogP contribution is 2.36. The van der Waals surface area contributed by atoms with Crippen molar-refractivity contribution in [3.05, 3.63) is 105 Å². The molecule has 0 amide bonds. The maximum Gasteiger partial charge on any atom is 0.323 e. The van der Waals surface area contributed by atoms with Crippen molar-refractivity contribution < 1.29 is 29.6 Å². The minimum atomic E-state index is -1.19. The zero-order valence-corrected chi connectivity index (χ0v) is 23.9. The number of carbonyl (C=O) groups is 1. The van der Waals surface area contributed by atoms with E-state index < -0.39 is 18.6 Å². The number of carboxylic acid groups (broad SMARTS) is 1. The van der Waals surface area contributed by atoms with Crippen LogP contribution in [0.25, 0.3) is 11.1 Å². The van der Waals surface area contributed by atoms with Crippen LogP contribution in [0.5, 0.6) is 17.2 Å². The summed E-state index contributed by atoms with van der Waals surface area (Å²) in [6.45, 7) is 3.61. The first kappa shape index (κ1) is 30.3. The number of halogens is 1. The minimum Gasteiger partial charge on any atom is -0.508 e. The van der Waals surface area contributed by atoms with E-state index in [1.807, 2.05) is 50.2 Å². The number of pyridine rings is 1. The lowest BCUT2D eigenvalue weighted by atomic mass is 9.93. The molecule has 1 heterocycles. The first-order valence-corrected chi connectivity index (χ1v) is 13.5. The Bertz CT molecular complexity index is 1640. The molecule has 4 rings (SSSR count). The maximum atomic E-state index is 11.4. The van der Waals surface area contributed by atoms with E-state index in [2.05, 4.69) is 10.3 Å². The van der Waals surface area contributed by atoms with Gasteiger partial charge in [0.1, 0.15) is 42.6 Å². The van der Waals surface area contributed by atoms with Crippen LogP contribution in [-0.4, -0.2) is 38.9 Å². The van der Waals surface area contributed by atoms with Crippen LogP contribution in [0.4, 0.5) is 0 Å². The van der Waals surface area contributed by atoms with E-state index in [-0.39, 0.29) is 25.5 Å². The van der Waals surface area contributed by atoms with Crippen LogP contribution in [0.1, 0.15) is 33.4 Å². The Labute approximate surface area is 248 Å². The lowest BCUT2D eigenvalue weighted by molar-refractivity contribution is -0.140. The summed E-state index contributed by atoms with van der Waals surface area (Å²) in [6.07, 6.45) is 3.04. The summed E-state index contributed by atoms with van der Waals surface area (Å²) in [7, 11) is 0. The molecular weight excluding hydrogens is 558 g/mol. The predicted octanol–water partition coefficient (Wildman–Crippen LogP) is 5.29. The number of nitrogens with one attached hydrogen (secondary N) is 1. The van der Waals surface area contributed by atoms with Gasteiger partial charge in [-0.15, -0.1) is 0 Å². The van der Waals surface area contributed by atoms with Gasteiger partial charge in [0.15, 0.2) is 0 Å². The van der Waals surface area contributed by atoms with Gasteiger partial charge < -0.3 is 24.8 Å². The molecule has 0 aliphatic rings. The summed E-state index contributed by atoms with van der Waals surface area (Å²) >= 11 is 6.59. The van der Waals surface area contributed by atoms with Crippen LogP contribution in [0.15, 0.2) is 67.0 Å². The topological polar surface area (TPSA) is 145 Å². The van der Waals surface area contributed by atoms with Gasteiger partial charge in [0, 0.05) is 36.1 Å². The molecule has 42 heavy (non-hydrogen) atoms. The van der Waals surface area contributed by atoms with Crippen molar-refractivity contribution in [1.82, 2.24) is 10.3 Å². The fourth-order valence-corrected chi connectivity index (χ4v) is 4.65. The van der Waals surface area contributed by atoms with Gasteiger partial charge in [-0.25, -0.2) is 0 Å². The van der Waals surface area contributed by atoms with E-state index in [9.17, 15) is 25.4 Å². The number of phenolic OH excluding ortho intramolecular Hbond substituents is 1. The van der Waals surface area contributed by atoms with Crippen LogP contribution in [0, 0.1) is 25.2 Å². The van der Waals surface area contributed by atoms with Gasteiger partial charge in [-0.05, 0) is 59.9 Å². The molecule has 1 atom stereocenters. The monoisotopic (exact) mass is 587 g/mol. The lowest BCUT2D eigenvalue weighted by Gasteiger charge is -2.18. The van der Waals surface area contributed by atoms with E-state index in [0.29, 0.717) is 33.2 Å². The molecule has 0 aliphatic carbocycles. The number of carboxylic acids is 1. The highest BCUT2D eigenvalue weighted by Gasteiger charge is 2.19. The van der Waals surface area contributed by atoms with Gasteiger partial charge in [0.2, 0.25) is 0 Å². The molecule has 10 heteroatoms. The SMILES string of the molecule is Cc1c(O)cccc1-c1cccc(COc2cc(OCc3cncc(C#N)c3)c(CN[C@H](CO)C(=O)O)cc2Cl)c1C. The Balaban J connectivity index is 1.60. The third kappa shape index (κ3) is 7.17. The zero-order chi connectivity index (χ0) is 30.2. The number of aromatic hydroxyl groups is 1. The van der Waals surface area contributed by atoms with Gasteiger partial charge >= 0.3 is 5.97 Å². The highest BCUT2D eigenvalue weighted by molar-refractivity contribution is 6.32. The molecule has 0 fully saturated rings. The molecular formula is C32H30ClN3O6. The first-order valence-electron chi connectivity index (χ1n) is 13.1. The fraction of sp³-hybridized carbons (Fsp3) is 0.219. The average molecular weight is 588 g/mol. The van der Waals surface area contributed by atoms with Crippen LogP contribution >= 0.6 is 11.6 Å². The average Bonchev–Trinajstić information content (AvgIpc) is 2.98. The molecule has 0 bridgehead atoms. The molecule has 4 N–H and O–H groups in total. The molecule has 0 saturated carbocycles. The normalized spacial score (nSPS) is 11.5. The standard InChI is InChI=1S/C32H30ClN3O6/c1-19-23(5-3-6-25(19)26-7-4-8-29(38)20(26)2)18-42-31-11-30(41-17-22-9-21(12-34)13-35-14-22)24(10-27(31)33)15-36-28(16-37)32(39)40/h3-11,13-14,28,36-38H,15-18H2,1-2H3,(H,39,40)/t28-/m1/s1. The Morgan fingerprint density at radius 2 is 1.71 bits per heavy atom. The Kier molecular flexibility index (Phi) is 9.99. The number of nitrogens with zero attached hydrogens (tertiary/aromatic N) is 2. The summed E-state index contributed by atoms with van der Waals surface area (Å²) < 4.78 is 12.2. The van der Waals surface area contributed by atoms with E-state index in [0.717, 1.165) is 27.8 Å². The number of benzene rings is 3. The third-order valence-electron chi connectivity index (χ3n) is 6.88. The smallest absolute Gasteiger partial charge is 0.323 e. The summed E-state index contributed by atoms with van der Waals surface area (Å²) in [6, 6.07) is 17.1. The maximum absolute atomic E-state index is 11.4. The number of aromatic nitrogens is 1. The third-order valence-corrected chi connectivity index (χ3v) is 7.17. The summed E-state index contributed by atoms with van der Waals surface area (Å²) in [5.74, 6) is -0.225. The van der Waals surface area contributed by atoms with Crippen LogP contribution in [0.3, 0.4) is 0 Å². The van der Waals surface area contributed by atoms with Gasteiger partial charge in [-0.2, -0.15) is 5.26 Å². The number of aliphatic hydroxyl groups excluding tert-OH is 1. The highest BCUT2D eigenvalue weighted by atomic mass is 35.5. The second-order valence-electron chi connectivity index (χ2n) is 9.66. The summed E-state index contributed by atoms with van der Waals surface area (Å²) in [5.41, 5.74) is 6.22. The Morgan fingerprint density at radius 1 is 1.00 bits per heavy atom. The molecule has 1 aromatic heterocycles. The molecule has 4 aromatic rings. The van der Waals surface area contributed by atoms with Gasteiger partial charge in [0.05, 0.1) is 17.2 Å². The molecule has 9 nitrogen and oxygen atoms in total. The predicted molar refractivity (Wildman–Crippen MR) is 157 cm³/mol. The van der Waals surface area contributed by atoms with Crippen molar-refractivity contribution in [1.29, 1.82) is 5.26 Å². The van der Waals surface area contributed by atoms with Gasteiger partial charge in [0.25, 0.3) is 0 Å². The van der Waals surface area contributed by atoms with Crippen LogP contribution < -0.4 is 14.8 Å². The van der Waals surface area contributed by atoms with Crippen molar-refractivity contribution >= 4 is 17.6 Å². The molecule has 0 radical (unpaired) electrons. The quantitative estimate of drug-likeness (QED) is 0.174. The molecule has 0 unspecified atom stereocenters. The first-order chi connectivity index (χ1) is 20.2. The molecule has 216 valence electrons. The van der Waals surface area contributed by atoms with Gasteiger partial charge in [-0.3, -0.25) is 15.1 Å². The van der Waals surface area contributed by atoms with E-state index in [1.54, 1.807) is 30.5 Å². The summed E-state index contributed by atoms with van der Waals surface area (Å²) in [4.78, 5) is 15.4. The van der Waals surface area contributed by atoms with E-state index >= 15 is 0 Å². The molecule has 3 aromatic carbocycles. The number of phenols is 1. The van der Waals surface area contributed by atoms with Crippen LogP contribution in [-0.2, 0) is 24.6 Å². The second kappa shape index (κ2) is 13.8. The number of hydrogen-bond acceptors (Lipinski definition) is 8. The summed E-state index contributed by atoms with van der Waals surface area (Å²) in [5, 5.41) is 41.1. The Hall–Kier alpha value is -4.62. The largest absolute Gasteiger partial charge is 0.508 e. The molecule has 0 aliphatic heterocycles. The number of rotatable bonds is 12. The molecule has 0 saturated heterocycles. The van der Waals surface area contributed by atoms with Gasteiger partial charge in [-0.1, -0.05) is 41.9 Å². The van der Waals surface area contributed by atoms with Crippen molar-refractivity contribution in [3.8, 4) is 34.4 Å². The fourth-order valence-electron chi connectivity index (χ4n) is 4.41. The minimum absolute atomic E-state index is 0.0494. The van der Waals surface area contributed by atoms with Crippen molar-refractivity contribution in [2.24, 2.45) is 0 Å². The number of aliphatic carboxylic acids is 1. The lowest BCUT2D eigenvalue weighted by Crippen LogP contribution is -2.39. The molecule has 0 spiro atoms. The van der Waals surface area contributed by atoms with E-state index in [1.165, 1.54) is 6.20 Å². The van der Waals surface area contributed by atoms with Crippen LogP contribution in [0.2, 0.25) is 5.02 Å². The number of hydrogen-bond donors (Lipinski definition) is 4. The zero-order valence-electron chi connectivity index (χ0n) is 23.1. The Morgan fingerprint density at radius 3 is 2.43 bits per heavy atom. The number of ether oxygens (including phenoxy) is 2. The number of aliphatic hydroxyl groups is 1. The van der Waals surface area contributed by atoms with E-state index in [4.69, 9.17) is 21.1 Å². The van der Waals surface area contributed by atoms with Crippen molar-refractivity contribution in [3.63, 3.8) is 0 Å². The number of nitriles is 1. The van der Waals surface area contributed by atoms with Crippen molar-refractivity contribution in [2.45, 2.75) is 39.6 Å². The van der Waals surface area contributed by atoms with Crippen molar-refractivity contribution in [2.75, 3.05) is 6.61 Å². The second-order valence-corrected chi connectivity index (χ2v) is 10.1.